The molecule has 0 aliphatic carbocycles. The van der Waals surface area contributed by atoms with E-state index < -0.39 is 11.3 Å². The maximum absolute atomic E-state index is 12.5. The van der Waals surface area contributed by atoms with E-state index in [-0.39, 0.29) is 30.8 Å². The topological polar surface area (TPSA) is 117 Å². The summed E-state index contributed by atoms with van der Waals surface area (Å²) >= 11 is 0. The number of aromatic nitrogens is 1. The summed E-state index contributed by atoms with van der Waals surface area (Å²) in [5.41, 5.74) is 5.11. The summed E-state index contributed by atoms with van der Waals surface area (Å²) in [7, 11) is 0. The Morgan fingerprint density at radius 3 is 2.75 bits per heavy atom. The molecule has 0 unspecified atom stereocenters. The first kappa shape index (κ1) is 15.9. The van der Waals surface area contributed by atoms with Gasteiger partial charge < -0.3 is 24.9 Å². The summed E-state index contributed by atoms with van der Waals surface area (Å²) in [4.78, 5) is 27.4. The number of oxazole rings is 1. The highest BCUT2D eigenvalue weighted by atomic mass is 16.7. The molecule has 2 amide bonds. The van der Waals surface area contributed by atoms with Gasteiger partial charge in [0.2, 0.25) is 18.6 Å². The molecular weight excluding hydrogens is 314 g/mol. The van der Waals surface area contributed by atoms with E-state index in [2.05, 4.69) is 10.3 Å². The van der Waals surface area contributed by atoms with Gasteiger partial charge in [0.1, 0.15) is 6.26 Å². The second-order valence-electron chi connectivity index (χ2n) is 5.87. The summed E-state index contributed by atoms with van der Waals surface area (Å²) in [6, 6.07) is 5.39. The van der Waals surface area contributed by atoms with Crippen LogP contribution in [0.3, 0.4) is 0 Å². The first-order valence-corrected chi connectivity index (χ1v) is 7.30. The van der Waals surface area contributed by atoms with Crippen molar-refractivity contribution in [2.75, 3.05) is 6.79 Å². The van der Waals surface area contributed by atoms with E-state index in [0.717, 1.165) is 11.8 Å². The lowest BCUT2D eigenvalue weighted by molar-refractivity contribution is -0.125. The summed E-state index contributed by atoms with van der Waals surface area (Å²) < 4.78 is 15.7. The molecular formula is C16H17N3O5. The lowest BCUT2D eigenvalue weighted by Crippen LogP contribution is -2.39. The number of rotatable bonds is 5. The van der Waals surface area contributed by atoms with Gasteiger partial charge in [0.05, 0.1) is 12.0 Å². The lowest BCUT2D eigenvalue weighted by Gasteiger charge is -2.24. The number of amides is 2. The van der Waals surface area contributed by atoms with E-state index in [1.165, 1.54) is 0 Å². The van der Waals surface area contributed by atoms with Gasteiger partial charge in [-0.3, -0.25) is 9.59 Å². The highest BCUT2D eigenvalue weighted by Gasteiger charge is 2.31. The lowest BCUT2D eigenvalue weighted by atomic mass is 9.83. The standard InChI is InChI=1S/C16H17N3O5/c1-16(2,9-3-4-11-12(5-9)24-8-23-11)15(21)18-6-13-19-10(7-22-13)14(17)20/h3-5,7H,6,8H2,1-2H3,(H2,17,20)(H,18,21). The van der Waals surface area contributed by atoms with Crippen LogP contribution in [-0.2, 0) is 16.8 Å². The highest BCUT2D eigenvalue weighted by molar-refractivity contribution is 5.90. The number of primary amides is 1. The van der Waals surface area contributed by atoms with Crippen molar-refractivity contribution in [2.24, 2.45) is 5.73 Å². The highest BCUT2D eigenvalue weighted by Crippen LogP contribution is 2.36. The average molecular weight is 331 g/mol. The molecule has 8 heteroatoms. The number of carbonyl (C=O) groups is 2. The number of nitrogens with one attached hydrogen (secondary N) is 1. The summed E-state index contributed by atoms with van der Waals surface area (Å²) in [5.74, 6) is 0.580. The maximum atomic E-state index is 12.5. The zero-order chi connectivity index (χ0) is 17.3. The second-order valence-corrected chi connectivity index (χ2v) is 5.87. The van der Waals surface area contributed by atoms with Crippen LogP contribution in [-0.4, -0.2) is 23.6 Å². The van der Waals surface area contributed by atoms with Gasteiger partial charge in [-0.25, -0.2) is 4.98 Å². The molecule has 0 radical (unpaired) electrons. The Kier molecular flexibility index (Phi) is 3.88. The average Bonchev–Trinajstić information content (AvgIpc) is 3.20. The van der Waals surface area contributed by atoms with Gasteiger partial charge in [0, 0.05) is 0 Å². The minimum Gasteiger partial charge on any atom is -0.454 e. The van der Waals surface area contributed by atoms with Gasteiger partial charge in [-0.1, -0.05) is 6.07 Å². The predicted molar refractivity (Wildman–Crippen MR) is 82.5 cm³/mol. The fraction of sp³-hybridized carbons (Fsp3) is 0.312. The second kappa shape index (κ2) is 5.88. The SMILES string of the molecule is CC(C)(C(=O)NCc1nc(C(N)=O)co1)c1ccc2c(c1)OCO2. The quantitative estimate of drug-likeness (QED) is 0.847. The molecule has 1 aliphatic heterocycles. The van der Waals surface area contributed by atoms with E-state index in [1.54, 1.807) is 26.0 Å². The molecule has 1 aromatic carbocycles. The number of hydrogen-bond donors (Lipinski definition) is 2. The molecule has 0 fully saturated rings. The van der Waals surface area contributed by atoms with E-state index >= 15 is 0 Å². The van der Waals surface area contributed by atoms with Crippen molar-refractivity contribution >= 4 is 11.8 Å². The number of fused-ring (bicyclic) bond motifs is 1. The van der Waals surface area contributed by atoms with Gasteiger partial charge in [-0.2, -0.15) is 0 Å². The van der Waals surface area contributed by atoms with E-state index in [9.17, 15) is 9.59 Å². The first-order valence-electron chi connectivity index (χ1n) is 7.30. The molecule has 2 heterocycles. The van der Waals surface area contributed by atoms with E-state index in [0.29, 0.717) is 11.5 Å². The fourth-order valence-corrected chi connectivity index (χ4v) is 2.30. The first-order chi connectivity index (χ1) is 11.4. The molecule has 2 aromatic rings. The van der Waals surface area contributed by atoms with Crippen LogP contribution >= 0.6 is 0 Å². The normalized spacial score (nSPS) is 12.9. The number of ether oxygens (including phenoxy) is 2. The van der Waals surface area contributed by atoms with E-state index in [1.807, 2.05) is 6.07 Å². The third-order valence-electron chi connectivity index (χ3n) is 3.87. The van der Waals surface area contributed by atoms with Crippen molar-refractivity contribution < 1.29 is 23.5 Å². The third-order valence-corrected chi connectivity index (χ3v) is 3.87. The number of nitrogens with zero attached hydrogens (tertiary/aromatic N) is 1. The molecule has 0 spiro atoms. The van der Waals surface area contributed by atoms with Gasteiger partial charge in [0.15, 0.2) is 17.2 Å². The molecule has 126 valence electrons. The molecule has 1 aliphatic rings. The van der Waals surface area contributed by atoms with Crippen LogP contribution in [0.1, 0.15) is 35.8 Å². The third kappa shape index (κ3) is 2.90. The molecule has 3 rings (SSSR count). The van der Waals surface area contributed by atoms with Crippen molar-refractivity contribution in [3.05, 3.63) is 41.6 Å². The Balaban J connectivity index is 1.69. The predicted octanol–water partition coefficient (Wildman–Crippen LogP) is 1.10. The molecule has 0 atom stereocenters. The van der Waals surface area contributed by atoms with Gasteiger partial charge in [0.25, 0.3) is 5.91 Å². The van der Waals surface area contributed by atoms with Crippen molar-refractivity contribution in [1.82, 2.24) is 10.3 Å². The Labute approximate surface area is 137 Å². The zero-order valence-corrected chi connectivity index (χ0v) is 13.3. The van der Waals surface area contributed by atoms with Gasteiger partial charge in [-0.05, 0) is 31.5 Å². The Morgan fingerprint density at radius 2 is 2.04 bits per heavy atom. The van der Waals surface area contributed by atoms with Gasteiger partial charge >= 0.3 is 0 Å². The minimum absolute atomic E-state index is 0.0225. The largest absolute Gasteiger partial charge is 0.454 e. The number of nitrogens with two attached hydrogens (primary N) is 1. The molecule has 24 heavy (non-hydrogen) atoms. The Morgan fingerprint density at radius 1 is 1.29 bits per heavy atom. The molecule has 0 bridgehead atoms. The molecule has 0 saturated heterocycles. The van der Waals surface area contributed by atoms with Crippen LogP contribution in [0.2, 0.25) is 0 Å². The van der Waals surface area contributed by atoms with Crippen LogP contribution in [0.15, 0.2) is 28.9 Å². The zero-order valence-electron chi connectivity index (χ0n) is 13.3. The maximum Gasteiger partial charge on any atom is 0.270 e. The van der Waals surface area contributed by atoms with E-state index in [4.69, 9.17) is 19.6 Å². The Hall–Kier alpha value is -3.03. The molecule has 0 saturated carbocycles. The summed E-state index contributed by atoms with van der Waals surface area (Å²) in [6.07, 6.45) is 1.16. The number of hydrogen-bond acceptors (Lipinski definition) is 6. The summed E-state index contributed by atoms with van der Waals surface area (Å²) in [5, 5.41) is 2.74. The Bertz CT molecular complexity index is 797. The smallest absolute Gasteiger partial charge is 0.270 e. The molecule has 3 N–H and O–H groups in total. The van der Waals surface area contributed by atoms with Crippen LogP contribution < -0.4 is 20.5 Å². The van der Waals surface area contributed by atoms with Crippen LogP contribution in [0, 0.1) is 0 Å². The number of carbonyl (C=O) groups excluding carboxylic acids is 2. The monoisotopic (exact) mass is 331 g/mol. The van der Waals surface area contributed by atoms with Crippen molar-refractivity contribution in [3.63, 3.8) is 0 Å². The van der Waals surface area contributed by atoms with Crippen LogP contribution in [0.25, 0.3) is 0 Å². The van der Waals surface area contributed by atoms with Crippen LogP contribution in [0.5, 0.6) is 11.5 Å². The number of benzene rings is 1. The minimum atomic E-state index is -0.805. The van der Waals surface area contributed by atoms with Gasteiger partial charge in [-0.15, -0.1) is 0 Å². The molecule has 1 aromatic heterocycles. The van der Waals surface area contributed by atoms with Crippen molar-refractivity contribution in [1.29, 1.82) is 0 Å². The van der Waals surface area contributed by atoms with Crippen molar-refractivity contribution in [2.45, 2.75) is 25.8 Å². The van der Waals surface area contributed by atoms with Crippen LogP contribution in [0.4, 0.5) is 0 Å². The fourth-order valence-electron chi connectivity index (χ4n) is 2.30. The summed E-state index contributed by atoms with van der Waals surface area (Å²) in [6.45, 7) is 3.83. The molecule has 8 nitrogen and oxygen atoms in total. The van der Waals surface area contributed by atoms with Crippen molar-refractivity contribution in [3.8, 4) is 11.5 Å².